The zero-order valence-corrected chi connectivity index (χ0v) is 15.4. The molecule has 6 nitrogen and oxygen atoms in total. The summed E-state index contributed by atoms with van der Waals surface area (Å²) < 4.78 is 16.2. The summed E-state index contributed by atoms with van der Waals surface area (Å²) >= 11 is 0. The van der Waals surface area contributed by atoms with E-state index < -0.39 is 35.9 Å². The molecule has 0 bridgehead atoms. The maximum atomic E-state index is 12.2. The molecule has 0 saturated heterocycles. The van der Waals surface area contributed by atoms with Crippen LogP contribution in [0.1, 0.15) is 34.6 Å². The second-order valence-corrected chi connectivity index (χ2v) is 6.64. The molecule has 0 saturated carbocycles. The number of hydrogen-bond donors (Lipinski definition) is 1. The average Bonchev–Trinajstić information content (AvgIpc) is 2.51. The molecule has 1 aromatic carbocycles. The van der Waals surface area contributed by atoms with Gasteiger partial charge < -0.3 is 19.5 Å². The molecule has 0 unspecified atom stereocenters. The summed E-state index contributed by atoms with van der Waals surface area (Å²) in [6, 6.07) is 8.34. The van der Waals surface area contributed by atoms with Gasteiger partial charge in [-0.1, -0.05) is 24.8 Å². The predicted octanol–water partition coefficient (Wildman–Crippen LogP) is 3.46. The Morgan fingerprint density at radius 1 is 1.16 bits per heavy atom. The van der Waals surface area contributed by atoms with Crippen molar-refractivity contribution in [3.05, 3.63) is 43.0 Å². The van der Waals surface area contributed by atoms with E-state index >= 15 is 0 Å². The van der Waals surface area contributed by atoms with Crippen LogP contribution in [0.5, 0.6) is 5.75 Å². The molecule has 1 rings (SSSR count). The van der Waals surface area contributed by atoms with Crippen LogP contribution in [0.4, 0.5) is 4.79 Å². The van der Waals surface area contributed by atoms with Crippen LogP contribution in [0.25, 0.3) is 0 Å². The molecule has 0 radical (unpaired) electrons. The average molecular weight is 349 g/mol. The molecule has 6 heteroatoms. The number of alkyl carbamates (subject to hydrolysis) is 1. The molecule has 0 aliphatic heterocycles. The van der Waals surface area contributed by atoms with Gasteiger partial charge in [0.2, 0.25) is 0 Å². The van der Waals surface area contributed by atoms with Gasteiger partial charge in [-0.05, 0) is 52.8 Å². The van der Waals surface area contributed by atoms with Crippen LogP contribution >= 0.6 is 0 Å². The third-order valence-corrected chi connectivity index (χ3v) is 3.10. The number of ether oxygens (including phenoxy) is 3. The van der Waals surface area contributed by atoms with Gasteiger partial charge in [0.15, 0.2) is 6.10 Å². The normalized spacial score (nSPS) is 14.6. The van der Waals surface area contributed by atoms with Gasteiger partial charge in [0, 0.05) is 0 Å². The lowest BCUT2D eigenvalue weighted by Gasteiger charge is -2.25. The zero-order valence-electron chi connectivity index (χ0n) is 15.4. The van der Waals surface area contributed by atoms with Crippen LogP contribution in [0.15, 0.2) is 43.0 Å². The highest BCUT2D eigenvalue weighted by Gasteiger charge is 2.26. The Morgan fingerprint density at radius 2 is 1.76 bits per heavy atom. The SMILES string of the molecule is C=C[C@@H](OC(=O)[C@H](C)NC(=O)OC(C)(C)C)[C@H](C)Oc1ccccc1. The third-order valence-electron chi connectivity index (χ3n) is 3.10. The molecule has 3 atom stereocenters. The van der Waals surface area contributed by atoms with E-state index in [1.807, 2.05) is 30.3 Å². The van der Waals surface area contributed by atoms with Crippen molar-refractivity contribution < 1.29 is 23.8 Å². The summed E-state index contributed by atoms with van der Waals surface area (Å²) in [6.45, 7) is 12.2. The molecule has 25 heavy (non-hydrogen) atoms. The highest BCUT2D eigenvalue weighted by molar-refractivity contribution is 5.81. The van der Waals surface area contributed by atoms with E-state index in [2.05, 4.69) is 11.9 Å². The van der Waals surface area contributed by atoms with Crippen LogP contribution in [0.2, 0.25) is 0 Å². The van der Waals surface area contributed by atoms with E-state index in [1.165, 1.54) is 13.0 Å². The number of rotatable bonds is 7. The molecule has 0 heterocycles. The largest absolute Gasteiger partial charge is 0.487 e. The van der Waals surface area contributed by atoms with E-state index in [-0.39, 0.29) is 0 Å². The first-order valence-corrected chi connectivity index (χ1v) is 8.16. The first-order chi connectivity index (χ1) is 11.6. The molecule has 1 aromatic rings. The minimum Gasteiger partial charge on any atom is -0.487 e. The van der Waals surface area contributed by atoms with E-state index in [0.717, 1.165) is 0 Å². The Bertz CT molecular complexity index is 579. The first-order valence-electron chi connectivity index (χ1n) is 8.16. The van der Waals surface area contributed by atoms with Gasteiger partial charge >= 0.3 is 12.1 Å². The van der Waals surface area contributed by atoms with Gasteiger partial charge in [-0.15, -0.1) is 0 Å². The van der Waals surface area contributed by atoms with Crippen molar-refractivity contribution in [3.63, 3.8) is 0 Å². The Morgan fingerprint density at radius 3 is 2.28 bits per heavy atom. The second kappa shape index (κ2) is 9.11. The van der Waals surface area contributed by atoms with Crippen LogP contribution in [0, 0.1) is 0 Å². The molecule has 0 aromatic heterocycles. The van der Waals surface area contributed by atoms with Crippen molar-refractivity contribution in [3.8, 4) is 5.75 Å². The van der Waals surface area contributed by atoms with Crippen molar-refractivity contribution in [1.82, 2.24) is 5.32 Å². The summed E-state index contributed by atoms with van der Waals surface area (Å²) in [7, 11) is 0. The molecule has 0 fully saturated rings. The Labute approximate surface area is 149 Å². The predicted molar refractivity (Wildman–Crippen MR) is 95.4 cm³/mol. The molecular formula is C19H27NO5. The Balaban J connectivity index is 2.56. The number of para-hydroxylation sites is 1. The highest BCUT2D eigenvalue weighted by atomic mass is 16.6. The van der Waals surface area contributed by atoms with Crippen LogP contribution in [-0.2, 0) is 14.3 Å². The number of benzene rings is 1. The highest BCUT2D eigenvalue weighted by Crippen LogP contribution is 2.15. The Hall–Kier alpha value is -2.50. The lowest BCUT2D eigenvalue weighted by Crippen LogP contribution is -2.44. The van der Waals surface area contributed by atoms with Crippen LogP contribution < -0.4 is 10.1 Å². The van der Waals surface area contributed by atoms with E-state index in [0.29, 0.717) is 5.75 Å². The minimum absolute atomic E-state index is 0.433. The molecule has 1 amide bonds. The lowest BCUT2D eigenvalue weighted by atomic mass is 10.2. The molecule has 0 spiro atoms. The maximum absolute atomic E-state index is 12.2. The Kier molecular flexibility index (Phi) is 7.48. The van der Waals surface area contributed by atoms with Crippen molar-refractivity contribution in [2.24, 2.45) is 0 Å². The van der Waals surface area contributed by atoms with Crippen LogP contribution in [0.3, 0.4) is 0 Å². The van der Waals surface area contributed by atoms with Crippen molar-refractivity contribution in [2.45, 2.75) is 58.5 Å². The number of nitrogens with one attached hydrogen (secondary N) is 1. The number of amides is 1. The van der Waals surface area contributed by atoms with Gasteiger partial charge in [-0.25, -0.2) is 9.59 Å². The van der Waals surface area contributed by atoms with Crippen molar-refractivity contribution in [1.29, 1.82) is 0 Å². The minimum atomic E-state index is -0.860. The van der Waals surface area contributed by atoms with Gasteiger partial charge in [-0.2, -0.15) is 0 Å². The standard InChI is InChI=1S/C19H27NO5/c1-7-16(14(3)23-15-11-9-8-10-12-15)24-17(21)13(2)20-18(22)25-19(4,5)6/h7-14,16H,1H2,2-6H3,(H,20,22)/t13-,14-,16+/m0/s1. The van der Waals surface area contributed by atoms with Crippen molar-refractivity contribution in [2.75, 3.05) is 0 Å². The zero-order chi connectivity index (χ0) is 19.0. The first kappa shape index (κ1) is 20.5. The van der Waals surface area contributed by atoms with Gasteiger partial charge in [0.05, 0.1) is 0 Å². The number of esters is 1. The topological polar surface area (TPSA) is 73.9 Å². The fraction of sp³-hybridized carbons (Fsp3) is 0.474. The quantitative estimate of drug-likeness (QED) is 0.603. The fourth-order valence-corrected chi connectivity index (χ4v) is 1.90. The molecule has 0 aliphatic rings. The van der Waals surface area contributed by atoms with E-state index in [4.69, 9.17) is 14.2 Å². The van der Waals surface area contributed by atoms with E-state index in [1.54, 1.807) is 27.7 Å². The van der Waals surface area contributed by atoms with E-state index in [9.17, 15) is 9.59 Å². The summed E-state index contributed by atoms with van der Waals surface area (Å²) in [6.07, 6.45) is -0.278. The smallest absolute Gasteiger partial charge is 0.408 e. The maximum Gasteiger partial charge on any atom is 0.408 e. The number of hydrogen-bond acceptors (Lipinski definition) is 5. The second-order valence-electron chi connectivity index (χ2n) is 6.64. The number of carbonyl (C=O) groups excluding carboxylic acids is 2. The third kappa shape index (κ3) is 7.74. The summed E-state index contributed by atoms with van der Waals surface area (Å²) in [5, 5.41) is 2.44. The monoisotopic (exact) mass is 349 g/mol. The van der Waals surface area contributed by atoms with Gasteiger partial charge in [0.1, 0.15) is 23.5 Å². The van der Waals surface area contributed by atoms with Crippen LogP contribution in [-0.4, -0.2) is 35.9 Å². The molecule has 0 aliphatic carbocycles. The van der Waals surface area contributed by atoms with Gasteiger partial charge in [-0.3, -0.25) is 0 Å². The van der Waals surface area contributed by atoms with Crippen molar-refractivity contribution >= 4 is 12.1 Å². The summed E-state index contributed by atoms with van der Waals surface area (Å²) in [5.74, 6) is 0.0668. The summed E-state index contributed by atoms with van der Waals surface area (Å²) in [5.41, 5.74) is -0.643. The fourth-order valence-electron chi connectivity index (χ4n) is 1.90. The summed E-state index contributed by atoms with van der Waals surface area (Å²) in [4.78, 5) is 23.9. The van der Waals surface area contributed by atoms with Gasteiger partial charge in [0.25, 0.3) is 0 Å². The lowest BCUT2D eigenvalue weighted by molar-refractivity contribution is -0.152. The molecular weight excluding hydrogens is 322 g/mol. The number of carbonyl (C=O) groups is 2. The molecule has 1 N–H and O–H groups in total. The molecule has 138 valence electrons.